The van der Waals surface area contributed by atoms with E-state index in [-0.39, 0.29) is 22.8 Å². The molecule has 1 rings (SSSR count). The summed E-state index contributed by atoms with van der Waals surface area (Å²) in [6, 6.07) is 2.95. The minimum Gasteiger partial charge on any atom is -0.465 e. The number of halogens is 3. The SMILES string of the molecule is COC(=O)c1ccc(Cl)c(CC(=O)C(C)Cl)c1Cl. The van der Waals surface area contributed by atoms with E-state index in [0.717, 1.165) is 0 Å². The molecule has 1 aromatic carbocycles. The van der Waals surface area contributed by atoms with Crippen molar-refractivity contribution >= 4 is 46.6 Å². The normalized spacial score (nSPS) is 12.1. The van der Waals surface area contributed by atoms with Crippen molar-refractivity contribution in [2.45, 2.75) is 18.7 Å². The lowest BCUT2D eigenvalue weighted by molar-refractivity contribution is -0.117. The Balaban J connectivity index is 3.18. The first kappa shape index (κ1) is 15.3. The summed E-state index contributed by atoms with van der Waals surface area (Å²) in [6.07, 6.45) is -0.0207. The van der Waals surface area contributed by atoms with Crippen LogP contribution in [0.5, 0.6) is 0 Å². The van der Waals surface area contributed by atoms with Crippen LogP contribution in [-0.2, 0) is 16.0 Å². The van der Waals surface area contributed by atoms with Crippen LogP contribution in [0.15, 0.2) is 12.1 Å². The van der Waals surface area contributed by atoms with Gasteiger partial charge in [-0.05, 0) is 24.6 Å². The van der Waals surface area contributed by atoms with Gasteiger partial charge in [0.2, 0.25) is 0 Å². The maximum atomic E-state index is 11.6. The Labute approximate surface area is 120 Å². The van der Waals surface area contributed by atoms with Gasteiger partial charge in [0.25, 0.3) is 0 Å². The summed E-state index contributed by atoms with van der Waals surface area (Å²) in [7, 11) is 1.25. The van der Waals surface area contributed by atoms with Crippen LogP contribution in [0.2, 0.25) is 10.0 Å². The fraction of sp³-hybridized carbons (Fsp3) is 0.333. The van der Waals surface area contributed by atoms with Crippen molar-refractivity contribution in [2.24, 2.45) is 0 Å². The molecule has 18 heavy (non-hydrogen) atoms. The lowest BCUT2D eigenvalue weighted by atomic mass is 10.0. The van der Waals surface area contributed by atoms with E-state index in [4.69, 9.17) is 34.8 Å². The number of rotatable bonds is 4. The molecule has 0 saturated carbocycles. The molecule has 3 nitrogen and oxygen atoms in total. The Morgan fingerprint density at radius 1 is 1.33 bits per heavy atom. The van der Waals surface area contributed by atoms with Crippen molar-refractivity contribution in [3.05, 3.63) is 33.3 Å². The van der Waals surface area contributed by atoms with Crippen molar-refractivity contribution < 1.29 is 14.3 Å². The predicted molar refractivity (Wildman–Crippen MR) is 71.8 cm³/mol. The van der Waals surface area contributed by atoms with E-state index in [1.807, 2.05) is 0 Å². The number of benzene rings is 1. The molecule has 0 N–H and O–H groups in total. The molecule has 0 heterocycles. The lowest BCUT2D eigenvalue weighted by Crippen LogP contribution is -2.14. The zero-order chi connectivity index (χ0) is 13.9. The highest BCUT2D eigenvalue weighted by Crippen LogP contribution is 2.29. The minimum absolute atomic E-state index is 0.0207. The summed E-state index contributed by atoms with van der Waals surface area (Å²) in [5.41, 5.74) is 0.562. The number of hydrogen-bond acceptors (Lipinski definition) is 3. The van der Waals surface area contributed by atoms with Crippen LogP contribution in [0.3, 0.4) is 0 Å². The van der Waals surface area contributed by atoms with Crippen LogP contribution in [0, 0.1) is 0 Å². The van der Waals surface area contributed by atoms with Gasteiger partial charge >= 0.3 is 5.97 Å². The van der Waals surface area contributed by atoms with E-state index in [9.17, 15) is 9.59 Å². The van der Waals surface area contributed by atoms with Gasteiger partial charge in [-0.2, -0.15) is 0 Å². The van der Waals surface area contributed by atoms with Gasteiger partial charge in [-0.15, -0.1) is 11.6 Å². The van der Waals surface area contributed by atoms with Gasteiger partial charge in [0.15, 0.2) is 5.78 Å². The number of Topliss-reactive ketones (excluding diaryl/α,β-unsaturated/α-hetero) is 1. The Morgan fingerprint density at radius 3 is 2.44 bits per heavy atom. The second-order valence-electron chi connectivity index (χ2n) is 3.64. The third-order valence-electron chi connectivity index (χ3n) is 2.39. The molecule has 0 fully saturated rings. The highest BCUT2D eigenvalue weighted by Gasteiger charge is 2.20. The quantitative estimate of drug-likeness (QED) is 0.631. The lowest BCUT2D eigenvalue weighted by Gasteiger charge is -2.10. The van der Waals surface area contributed by atoms with Gasteiger partial charge in [-0.3, -0.25) is 4.79 Å². The molecule has 0 spiro atoms. The third kappa shape index (κ3) is 3.37. The van der Waals surface area contributed by atoms with Crippen LogP contribution in [0.25, 0.3) is 0 Å². The first-order valence-electron chi connectivity index (χ1n) is 5.10. The summed E-state index contributed by atoms with van der Waals surface area (Å²) in [4.78, 5) is 23.1. The van der Waals surface area contributed by atoms with E-state index < -0.39 is 11.3 Å². The summed E-state index contributed by atoms with van der Waals surface area (Å²) in [5, 5.41) is -0.197. The van der Waals surface area contributed by atoms with Gasteiger partial charge in [-0.25, -0.2) is 4.79 Å². The van der Waals surface area contributed by atoms with Crippen molar-refractivity contribution in [3.63, 3.8) is 0 Å². The fourth-order valence-corrected chi connectivity index (χ4v) is 2.00. The number of carbonyl (C=O) groups is 2. The molecular weight excluding hydrogens is 298 g/mol. The topological polar surface area (TPSA) is 43.4 Å². The first-order chi connectivity index (χ1) is 8.38. The monoisotopic (exact) mass is 308 g/mol. The molecule has 1 unspecified atom stereocenters. The summed E-state index contributed by atoms with van der Waals surface area (Å²) in [5.74, 6) is -0.799. The number of hydrogen-bond donors (Lipinski definition) is 0. The smallest absolute Gasteiger partial charge is 0.339 e. The van der Waals surface area contributed by atoms with E-state index in [1.54, 1.807) is 6.92 Å². The number of ketones is 1. The number of alkyl halides is 1. The number of methoxy groups -OCH3 is 1. The van der Waals surface area contributed by atoms with Crippen molar-refractivity contribution in [1.82, 2.24) is 0 Å². The average Bonchev–Trinajstić information content (AvgIpc) is 2.33. The third-order valence-corrected chi connectivity index (χ3v) is 3.42. The molecule has 0 aromatic heterocycles. The summed E-state index contributed by atoms with van der Waals surface area (Å²) in [6.45, 7) is 1.57. The van der Waals surface area contributed by atoms with Crippen LogP contribution in [0.1, 0.15) is 22.8 Å². The molecule has 0 saturated heterocycles. The molecule has 1 aromatic rings. The second-order valence-corrected chi connectivity index (χ2v) is 5.08. The summed E-state index contributed by atoms with van der Waals surface area (Å²) >= 11 is 17.7. The second kappa shape index (κ2) is 6.41. The number of ether oxygens (including phenoxy) is 1. The van der Waals surface area contributed by atoms with E-state index >= 15 is 0 Å². The zero-order valence-electron chi connectivity index (χ0n) is 9.80. The predicted octanol–water partition coefficient (Wildman–Crippen LogP) is 3.52. The number of esters is 1. The fourth-order valence-electron chi connectivity index (χ4n) is 1.34. The molecule has 0 aliphatic carbocycles. The Bertz CT molecular complexity index is 484. The van der Waals surface area contributed by atoms with Crippen LogP contribution in [0.4, 0.5) is 0 Å². The van der Waals surface area contributed by atoms with Gasteiger partial charge < -0.3 is 4.74 Å². The van der Waals surface area contributed by atoms with Crippen LogP contribution < -0.4 is 0 Å². The number of carbonyl (C=O) groups excluding carboxylic acids is 2. The van der Waals surface area contributed by atoms with Gasteiger partial charge in [0.05, 0.1) is 23.1 Å². The van der Waals surface area contributed by atoms with Crippen molar-refractivity contribution in [3.8, 4) is 0 Å². The standard InChI is InChI=1S/C12H11Cl3O3/c1-6(13)10(16)5-8-9(14)4-3-7(11(8)15)12(17)18-2/h3-4,6H,5H2,1-2H3. The van der Waals surface area contributed by atoms with Crippen molar-refractivity contribution in [2.75, 3.05) is 7.11 Å². The molecule has 0 aliphatic rings. The maximum Gasteiger partial charge on any atom is 0.339 e. The minimum atomic E-state index is -0.640. The molecule has 0 bridgehead atoms. The molecule has 0 radical (unpaired) electrons. The highest BCUT2D eigenvalue weighted by molar-refractivity contribution is 6.38. The van der Waals surface area contributed by atoms with E-state index in [2.05, 4.69) is 4.74 Å². The van der Waals surface area contributed by atoms with Gasteiger partial charge in [0, 0.05) is 11.4 Å². The molecular formula is C12H11Cl3O3. The largest absolute Gasteiger partial charge is 0.465 e. The van der Waals surface area contributed by atoms with Crippen LogP contribution >= 0.6 is 34.8 Å². The Kier molecular flexibility index (Phi) is 5.45. The van der Waals surface area contributed by atoms with E-state index in [1.165, 1.54) is 19.2 Å². The van der Waals surface area contributed by atoms with Gasteiger partial charge in [-0.1, -0.05) is 23.2 Å². The molecule has 0 amide bonds. The average molecular weight is 310 g/mol. The zero-order valence-corrected chi connectivity index (χ0v) is 12.1. The molecule has 6 heteroatoms. The maximum absolute atomic E-state index is 11.6. The molecule has 98 valence electrons. The first-order valence-corrected chi connectivity index (χ1v) is 6.29. The highest BCUT2D eigenvalue weighted by atomic mass is 35.5. The van der Waals surface area contributed by atoms with Crippen LogP contribution in [-0.4, -0.2) is 24.2 Å². The van der Waals surface area contributed by atoms with Crippen molar-refractivity contribution in [1.29, 1.82) is 0 Å². The van der Waals surface area contributed by atoms with E-state index in [0.29, 0.717) is 10.6 Å². The molecule has 1 atom stereocenters. The molecule has 0 aliphatic heterocycles. The van der Waals surface area contributed by atoms with Gasteiger partial charge in [0.1, 0.15) is 0 Å². The Hall–Kier alpha value is -0.770. The Morgan fingerprint density at radius 2 is 1.94 bits per heavy atom. The summed E-state index contributed by atoms with van der Waals surface area (Å²) < 4.78 is 4.59.